The van der Waals surface area contributed by atoms with Gasteiger partial charge in [-0.3, -0.25) is 9.78 Å². The van der Waals surface area contributed by atoms with Crippen LogP contribution in [-0.2, 0) is 0 Å². The third-order valence-corrected chi connectivity index (χ3v) is 3.01. The zero-order valence-electron chi connectivity index (χ0n) is 7.95. The zero-order valence-corrected chi connectivity index (χ0v) is 9.52. The molecule has 16 heavy (non-hydrogen) atoms. The van der Waals surface area contributed by atoms with E-state index in [1.54, 1.807) is 12.3 Å². The first-order chi connectivity index (χ1) is 7.50. The largest absolute Gasteiger partial charge is 0.336 e. The van der Waals surface area contributed by atoms with Crippen molar-refractivity contribution in [2.45, 2.75) is 6.92 Å². The van der Waals surface area contributed by atoms with Crippen molar-refractivity contribution in [1.29, 1.82) is 0 Å². The second-order valence-electron chi connectivity index (χ2n) is 2.97. The van der Waals surface area contributed by atoms with Crippen molar-refractivity contribution in [2.75, 3.05) is 0 Å². The minimum absolute atomic E-state index is 0.110. The van der Waals surface area contributed by atoms with Gasteiger partial charge < -0.3 is 0 Å². The van der Waals surface area contributed by atoms with Gasteiger partial charge in [0.1, 0.15) is 0 Å². The smallest absolute Gasteiger partial charge is 0.295 e. The SMILES string of the molecule is Cc1csc(-n2c(=O)[nH]c(Cl)c(F)c2=O)n1. The van der Waals surface area contributed by atoms with Crippen molar-refractivity contribution >= 4 is 22.9 Å². The predicted molar refractivity (Wildman–Crippen MR) is 58.0 cm³/mol. The molecule has 8 heteroatoms. The summed E-state index contributed by atoms with van der Waals surface area (Å²) in [5.41, 5.74) is -1.28. The number of H-pyrrole nitrogens is 1. The van der Waals surface area contributed by atoms with Crippen LogP contribution in [-0.4, -0.2) is 14.5 Å². The van der Waals surface area contributed by atoms with Gasteiger partial charge in [-0.1, -0.05) is 11.6 Å². The second kappa shape index (κ2) is 3.84. The minimum atomic E-state index is -1.20. The summed E-state index contributed by atoms with van der Waals surface area (Å²) in [5, 5.41) is 1.16. The van der Waals surface area contributed by atoms with Crippen LogP contribution >= 0.6 is 22.9 Å². The van der Waals surface area contributed by atoms with Gasteiger partial charge in [0.05, 0.1) is 5.69 Å². The average molecular weight is 262 g/mol. The van der Waals surface area contributed by atoms with E-state index in [4.69, 9.17) is 11.6 Å². The van der Waals surface area contributed by atoms with Crippen molar-refractivity contribution in [1.82, 2.24) is 14.5 Å². The van der Waals surface area contributed by atoms with Crippen molar-refractivity contribution in [2.24, 2.45) is 0 Å². The maximum atomic E-state index is 13.2. The molecular weight excluding hydrogens is 257 g/mol. The fourth-order valence-electron chi connectivity index (χ4n) is 1.11. The van der Waals surface area contributed by atoms with E-state index >= 15 is 0 Å². The summed E-state index contributed by atoms with van der Waals surface area (Å²) in [4.78, 5) is 28.9. The summed E-state index contributed by atoms with van der Waals surface area (Å²) in [6.07, 6.45) is 0. The van der Waals surface area contributed by atoms with Crippen molar-refractivity contribution in [3.8, 4) is 5.13 Å². The van der Waals surface area contributed by atoms with Crippen LogP contribution in [0.1, 0.15) is 5.69 Å². The van der Waals surface area contributed by atoms with Gasteiger partial charge in [0, 0.05) is 5.38 Å². The Hall–Kier alpha value is -1.47. The molecule has 2 aromatic heterocycles. The molecule has 0 aromatic carbocycles. The number of halogens is 2. The van der Waals surface area contributed by atoms with Crippen molar-refractivity contribution in [3.63, 3.8) is 0 Å². The molecule has 0 aliphatic rings. The Kier molecular flexibility index (Phi) is 2.64. The number of hydrogen-bond acceptors (Lipinski definition) is 4. The monoisotopic (exact) mass is 261 g/mol. The molecule has 2 heterocycles. The average Bonchev–Trinajstić information content (AvgIpc) is 2.61. The predicted octanol–water partition coefficient (Wildman–Crippen LogP) is 1.08. The molecule has 0 saturated heterocycles. The molecule has 0 aliphatic carbocycles. The molecule has 2 aromatic rings. The lowest BCUT2D eigenvalue weighted by atomic mass is 10.6. The lowest BCUT2D eigenvalue weighted by Gasteiger charge is -2.00. The van der Waals surface area contributed by atoms with Crippen LogP contribution in [0.25, 0.3) is 5.13 Å². The molecule has 0 fully saturated rings. The van der Waals surface area contributed by atoms with E-state index in [1.165, 1.54) is 0 Å². The van der Waals surface area contributed by atoms with Crippen molar-refractivity contribution < 1.29 is 4.39 Å². The molecule has 84 valence electrons. The summed E-state index contributed by atoms with van der Waals surface area (Å²) in [5.74, 6) is -1.20. The van der Waals surface area contributed by atoms with Crippen LogP contribution in [0.4, 0.5) is 4.39 Å². The van der Waals surface area contributed by atoms with Gasteiger partial charge in [-0.25, -0.2) is 9.78 Å². The van der Waals surface area contributed by atoms with Crippen LogP contribution in [0.5, 0.6) is 0 Å². The van der Waals surface area contributed by atoms with Gasteiger partial charge in [0.15, 0.2) is 5.15 Å². The highest BCUT2D eigenvalue weighted by Gasteiger charge is 2.15. The Morgan fingerprint density at radius 1 is 1.56 bits per heavy atom. The van der Waals surface area contributed by atoms with E-state index in [9.17, 15) is 14.0 Å². The first-order valence-electron chi connectivity index (χ1n) is 4.13. The van der Waals surface area contributed by atoms with Crippen molar-refractivity contribution in [3.05, 3.63) is 42.9 Å². The molecule has 0 spiro atoms. The Balaban J connectivity index is 2.81. The topological polar surface area (TPSA) is 67.8 Å². The van der Waals surface area contributed by atoms with Crippen LogP contribution in [0.2, 0.25) is 5.15 Å². The minimum Gasteiger partial charge on any atom is -0.295 e. The van der Waals surface area contributed by atoms with E-state index < -0.39 is 22.2 Å². The molecule has 0 unspecified atom stereocenters. The number of hydrogen-bond donors (Lipinski definition) is 1. The summed E-state index contributed by atoms with van der Waals surface area (Å²) in [7, 11) is 0. The molecule has 0 aliphatic heterocycles. The standard InChI is InChI=1S/C8H5ClFN3O2S/c1-3-2-16-8(11-3)13-6(14)4(10)5(9)12-7(13)15/h2H,1H3,(H,12,15). The number of nitrogens with one attached hydrogen (secondary N) is 1. The highest BCUT2D eigenvalue weighted by atomic mass is 35.5. The lowest BCUT2D eigenvalue weighted by Crippen LogP contribution is -2.35. The third kappa shape index (κ3) is 1.68. The molecular formula is C8H5ClFN3O2S. The first-order valence-corrected chi connectivity index (χ1v) is 5.39. The number of aryl methyl sites for hydroxylation is 1. The number of rotatable bonds is 1. The fraction of sp³-hybridized carbons (Fsp3) is 0.125. The van der Waals surface area contributed by atoms with Crippen LogP contribution in [0.3, 0.4) is 0 Å². The van der Waals surface area contributed by atoms with E-state index in [2.05, 4.69) is 4.98 Å². The lowest BCUT2D eigenvalue weighted by molar-refractivity contribution is 0.584. The van der Waals surface area contributed by atoms with Gasteiger partial charge in [-0.15, -0.1) is 11.3 Å². The fourth-order valence-corrected chi connectivity index (χ4v) is 2.07. The normalized spacial score (nSPS) is 10.7. The first kappa shape index (κ1) is 11.0. The summed E-state index contributed by atoms with van der Waals surface area (Å²) < 4.78 is 13.8. The van der Waals surface area contributed by atoms with E-state index in [0.29, 0.717) is 10.3 Å². The van der Waals surface area contributed by atoms with Gasteiger partial charge in [0.25, 0.3) is 5.56 Å². The maximum Gasteiger partial charge on any atom is 0.336 e. The quantitative estimate of drug-likeness (QED) is 0.781. The number of aromatic amines is 1. The summed E-state index contributed by atoms with van der Waals surface area (Å²) >= 11 is 6.39. The Morgan fingerprint density at radius 3 is 2.81 bits per heavy atom. The summed E-state index contributed by atoms with van der Waals surface area (Å²) in [6, 6.07) is 0. The Morgan fingerprint density at radius 2 is 2.25 bits per heavy atom. The third-order valence-electron chi connectivity index (χ3n) is 1.80. The zero-order chi connectivity index (χ0) is 11.9. The maximum absolute atomic E-state index is 13.2. The van der Waals surface area contributed by atoms with Gasteiger partial charge in [-0.05, 0) is 6.92 Å². The van der Waals surface area contributed by atoms with E-state index in [-0.39, 0.29) is 5.13 Å². The van der Waals surface area contributed by atoms with E-state index in [0.717, 1.165) is 11.3 Å². The number of thiazole rings is 1. The highest BCUT2D eigenvalue weighted by Crippen LogP contribution is 2.11. The molecule has 2 rings (SSSR count). The Bertz CT molecular complexity index is 660. The molecule has 0 saturated carbocycles. The molecule has 0 bridgehead atoms. The van der Waals surface area contributed by atoms with Crippen LogP contribution < -0.4 is 11.2 Å². The molecule has 0 radical (unpaired) electrons. The van der Waals surface area contributed by atoms with Gasteiger partial charge >= 0.3 is 5.69 Å². The van der Waals surface area contributed by atoms with E-state index in [1.807, 2.05) is 4.98 Å². The highest BCUT2D eigenvalue weighted by molar-refractivity contribution is 7.12. The second-order valence-corrected chi connectivity index (χ2v) is 4.18. The Labute approximate surface area is 97.2 Å². The summed E-state index contributed by atoms with van der Waals surface area (Å²) in [6.45, 7) is 1.70. The van der Waals surface area contributed by atoms with Crippen LogP contribution in [0.15, 0.2) is 15.0 Å². The molecule has 5 nitrogen and oxygen atoms in total. The van der Waals surface area contributed by atoms with Crippen LogP contribution in [0, 0.1) is 12.7 Å². The van der Waals surface area contributed by atoms with Gasteiger partial charge in [-0.2, -0.15) is 8.96 Å². The number of nitrogens with zero attached hydrogens (tertiary/aromatic N) is 2. The van der Waals surface area contributed by atoms with Gasteiger partial charge in [0.2, 0.25) is 10.9 Å². The molecule has 0 atom stereocenters. The molecule has 0 amide bonds. The number of aromatic nitrogens is 3. The molecule has 1 N–H and O–H groups in total.